The largest absolute Gasteiger partial charge is 0.294 e. The summed E-state index contributed by atoms with van der Waals surface area (Å²) in [5.41, 5.74) is 3.78. The fourth-order valence-electron chi connectivity index (χ4n) is 1.98. The number of benzene rings is 2. The number of aryl methyl sites for hydroxylation is 1. The van der Waals surface area contributed by atoms with Crippen LogP contribution in [0, 0.1) is 24.4 Å². The molecule has 136 valence electrons. The Labute approximate surface area is 146 Å². The predicted octanol–water partition coefficient (Wildman–Crippen LogP) is 5.89. The average molecular weight is 367 g/mol. The van der Waals surface area contributed by atoms with Crippen LogP contribution in [0.15, 0.2) is 54.7 Å². The van der Waals surface area contributed by atoms with E-state index in [1.54, 1.807) is 12.1 Å². The normalized spacial score (nSPS) is 10.1. The van der Waals surface area contributed by atoms with E-state index >= 15 is 0 Å². The third kappa shape index (κ3) is 5.02. The van der Waals surface area contributed by atoms with Gasteiger partial charge in [0.15, 0.2) is 23.2 Å². The molecule has 26 heavy (non-hydrogen) atoms. The highest BCUT2D eigenvalue weighted by Gasteiger charge is 2.11. The second kappa shape index (κ2) is 8.94. The summed E-state index contributed by atoms with van der Waals surface area (Å²) in [4.78, 5) is 7.29. The monoisotopic (exact) mass is 367 g/mol. The molecule has 1 aromatic heterocycles. The summed E-state index contributed by atoms with van der Waals surface area (Å²) < 4.78 is 60.0. The maximum Gasteiger partial charge on any atom is 0.194 e. The lowest BCUT2D eigenvalue weighted by atomic mass is 10.1. The molecule has 1 heterocycles. The maximum atomic E-state index is 12.3. The molecule has 0 saturated carbocycles. The Morgan fingerprint density at radius 2 is 1.54 bits per heavy atom. The van der Waals surface area contributed by atoms with E-state index < -0.39 is 29.9 Å². The molecule has 0 unspecified atom stereocenters. The van der Waals surface area contributed by atoms with Gasteiger partial charge >= 0.3 is 0 Å². The molecule has 0 aliphatic rings. The van der Waals surface area contributed by atoms with Crippen molar-refractivity contribution in [3.8, 4) is 17.0 Å². The van der Waals surface area contributed by atoms with Crippen molar-refractivity contribution in [3.05, 3.63) is 83.3 Å². The number of rotatable bonds is 3. The molecule has 0 aliphatic carbocycles. The van der Waals surface area contributed by atoms with E-state index in [9.17, 15) is 22.1 Å². The van der Waals surface area contributed by atoms with Gasteiger partial charge in [-0.15, -0.1) is 0 Å². The molecule has 3 aromatic rings. The van der Waals surface area contributed by atoms with Gasteiger partial charge in [-0.1, -0.05) is 30.3 Å². The summed E-state index contributed by atoms with van der Waals surface area (Å²) in [6.45, 7) is 1.59. The average Bonchev–Trinajstić information content (AvgIpc) is 2.67. The summed E-state index contributed by atoms with van der Waals surface area (Å²) >= 11 is 0. The van der Waals surface area contributed by atoms with Gasteiger partial charge < -0.3 is 0 Å². The number of nitrogens with zero attached hydrogens (tertiary/aromatic N) is 1. The van der Waals surface area contributed by atoms with Gasteiger partial charge in [0.05, 0.1) is 5.69 Å². The van der Waals surface area contributed by atoms with Crippen molar-refractivity contribution < 1.29 is 27.0 Å². The highest BCUT2D eigenvalue weighted by atomic mass is 19.3. The first-order valence-corrected chi connectivity index (χ1v) is 7.45. The van der Waals surface area contributed by atoms with E-state index in [0.717, 1.165) is 16.8 Å². The minimum Gasteiger partial charge on any atom is -0.294 e. The van der Waals surface area contributed by atoms with Crippen molar-refractivity contribution in [2.75, 3.05) is 0 Å². The van der Waals surface area contributed by atoms with Crippen LogP contribution >= 0.6 is 0 Å². The Bertz CT molecular complexity index is 828. The molecule has 0 radical (unpaired) electrons. The molecule has 0 atom stereocenters. The summed E-state index contributed by atoms with van der Waals surface area (Å²) in [6, 6.07) is 12.2. The van der Waals surface area contributed by atoms with Gasteiger partial charge in [-0.2, -0.15) is 0 Å². The van der Waals surface area contributed by atoms with Crippen LogP contribution in [-0.2, 0) is 6.67 Å². The highest BCUT2D eigenvalue weighted by molar-refractivity contribution is 5.59. The van der Waals surface area contributed by atoms with Crippen LogP contribution in [0.2, 0.25) is 0 Å². The molecule has 2 aromatic carbocycles. The summed E-state index contributed by atoms with van der Waals surface area (Å²) in [7, 11) is 0. The van der Waals surface area contributed by atoms with E-state index in [2.05, 4.69) is 9.93 Å². The number of hydrogen-bond acceptors (Lipinski definition) is 2. The smallest absolute Gasteiger partial charge is 0.194 e. The lowest BCUT2D eigenvalue weighted by Crippen LogP contribution is -1.90. The summed E-state index contributed by atoms with van der Waals surface area (Å²) in [5, 5.41) is 0. The van der Waals surface area contributed by atoms with Gasteiger partial charge in [-0.3, -0.25) is 9.93 Å². The van der Waals surface area contributed by atoms with E-state index in [-0.39, 0.29) is 0 Å². The molecule has 7 heteroatoms. The zero-order valence-corrected chi connectivity index (χ0v) is 13.6. The SMILES string of the molecule is Cc1ccc(-c2ccc(CF)cc2)nc1.FOc1cc(F)c(F)c(F)c1. The molecule has 3 rings (SSSR count). The molecular formula is C19H14F5NO. The van der Waals surface area contributed by atoms with Gasteiger partial charge in [-0.05, 0) is 24.1 Å². The van der Waals surface area contributed by atoms with Crippen LogP contribution in [0.5, 0.6) is 5.75 Å². The Morgan fingerprint density at radius 1 is 0.923 bits per heavy atom. The quantitative estimate of drug-likeness (QED) is 0.425. The second-order valence-corrected chi connectivity index (χ2v) is 5.33. The Balaban J connectivity index is 0.000000197. The fourth-order valence-corrected chi connectivity index (χ4v) is 1.98. The molecular weight excluding hydrogens is 353 g/mol. The van der Waals surface area contributed by atoms with Crippen molar-refractivity contribution in [2.24, 2.45) is 0 Å². The number of alkyl halides is 1. The molecule has 0 bridgehead atoms. The first kappa shape index (κ1) is 19.4. The fraction of sp³-hybridized carbons (Fsp3) is 0.105. The number of aromatic nitrogens is 1. The lowest BCUT2D eigenvalue weighted by Gasteiger charge is -2.01. The zero-order chi connectivity index (χ0) is 19.1. The minimum absolute atomic E-state index is 0.401. The van der Waals surface area contributed by atoms with Gasteiger partial charge in [-0.25, -0.2) is 17.6 Å². The number of hydrogen-bond donors (Lipinski definition) is 0. The minimum atomic E-state index is -1.65. The van der Waals surface area contributed by atoms with Crippen molar-refractivity contribution in [2.45, 2.75) is 13.6 Å². The van der Waals surface area contributed by atoms with Crippen LogP contribution in [-0.4, -0.2) is 4.98 Å². The van der Waals surface area contributed by atoms with E-state index in [4.69, 9.17) is 0 Å². The van der Waals surface area contributed by atoms with E-state index in [0.29, 0.717) is 17.7 Å². The van der Waals surface area contributed by atoms with E-state index in [1.807, 2.05) is 37.4 Å². The third-order valence-electron chi connectivity index (χ3n) is 3.36. The molecule has 0 saturated heterocycles. The zero-order valence-electron chi connectivity index (χ0n) is 13.6. The molecule has 0 spiro atoms. The number of pyridine rings is 1. The maximum absolute atomic E-state index is 12.3. The van der Waals surface area contributed by atoms with Crippen molar-refractivity contribution in [1.29, 1.82) is 0 Å². The standard InChI is InChI=1S/C13H12FN.C6H2F4O/c1-10-2-7-13(15-9-10)12-5-3-11(8-14)4-6-12;7-4-1-3(11-10)2-5(8)6(4)9/h2-7,9H,8H2,1H3;1-2H. The van der Waals surface area contributed by atoms with Gasteiger partial charge in [0.2, 0.25) is 0 Å². The van der Waals surface area contributed by atoms with Crippen LogP contribution < -0.4 is 4.94 Å². The summed E-state index contributed by atoms with van der Waals surface area (Å²) in [6.07, 6.45) is 1.83. The lowest BCUT2D eigenvalue weighted by molar-refractivity contribution is -0.00711. The van der Waals surface area contributed by atoms with Crippen LogP contribution in [0.4, 0.5) is 22.1 Å². The molecule has 0 aliphatic heterocycles. The second-order valence-electron chi connectivity index (χ2n) is 5.33. The van der Waals surface area contributed by atoms with Crippen LogP contribution in [0.1, 0.15) is 11.1 Å². The van der Waals surface area contributed by atoms with Gasteiger partial charge in [0.1, 0.15) is 6.67 Å². The predicted molar refractivity (Wildman–Crippen MR) is 87.3 cm³/mol. The third-order valence-corrected chi connectivity index (χ3v) is 3.36. The van der Waals surface area contributed by atoms with Crippen molar-refractivity contribution in [3.63, 3.8) is 0 Å². The molecule has 0 amide bonds. The number of halogens is 5. The van der Waals surface area contributed by atoms with Gasteiger partial charge in [0, 0.05) is 28.4 Å². The van der Waals surface area contributed by atoms with Crippen LogP contribution in [0.3, 0.4) is 0 Å². The van der Waals surface area contributed by atoms with E-state index in [1.165, 1.54) is 0 Å². The molecule has 0 fully saturated rings. The molecule has 0 N–H and O–H groups in total. The Kier molecular flexibility index (Phi) is 6.66. The van der Waals surface area contributed by atoms with Gasteiger partial charge in [0.25, 0.3) is 0 Å². The topological polar surface area (TPSA) is 22.1 Å². The van der Waals surface area contributed by atoms with Crippen molar-refractivity contribution in [1.82, 2.24) is 4.98 Å². The van der Waals surface area contributed by atoms with Crippen molar-refractivity contribution >= 4 is 0 Å². The Hall–Kier alpha value is -2.96. The first-order chi connectivity index (χ1) is 12.4. The molecule has 2 nitrogen and oxygen atoms in total. The first-order valence-electron chi connectivity index (χ1n) is 7.45. The van der Waals surface area contributed by atoms with Crippen LogP contribution in [0.25, 0.3) is 11.3 Å². The highest BCUT2D eigenvalue weighted by Crippen LogP contribution is 2.19. The summed E-state index contributed by atoms with van der Waals surface area (Å²) in [5.74, 6) is -5.33. The Morgan fingerprint density at radius 3 is 2.00 bits per heavy atom.